The third kappa shape index (κ3) is 2.06. The van der Waals surface area contributed by atoms with Gasteiger partial charge in [0.25, 0.3) is 0 Å². The summed E-state index contributed by atoms with van der Waals surface area (Å²) in [6, 6.07) is 7.30. The summed E-state index contributed by atoms with van der Waals surface area (Å²) in [6.45, 7) is 1.87. The largest absolute Gasteiger partial charge is 0.479 e. The molecular formula is C10H12O3. The number of carboxylic acid groups (broad SMARTS) is 1. The van der Waals surface area contributed by atoms with E-state index in [0.717, 1.165) is 5.56 Å². The zero-order valence-electron chi connectivity index (χ0n) is 7.65. The van der Waals surface area contributed by atoms with Gasteiger partial charge in [-0.1, -0.05) is 24.3 Å². The Labute approximate surface area is 77.0 Å². The van der Waals surface area contributed by atoms with E-state index in [2.05, 4.69) is 0 Å². The average Bonchev–Trinajstić information content (AvgIpc) is 2.09. The second kappa shape index (κ2) is 4.05. The van der Waals surface area contributed by atoms with Crippen molar-refractivity contribution in [3.63, 3.8) is 0 Å². The van der Waals surface area contributed by atoms with Crippen LogP contribution >= 0.6 is 0 Å². The van der Waals surface area contributed by atoms with E-state index in [1.54, 1.807) is 12.1 Å². The second-order valence-corrected chi connectivity index (χ2v) is 2.81. The Morgan fingerprint density at radius 2 is 2.08 bits per heavy atom. The fraction of sp³-hybridized carbons (Fsp3) is 0.300. The molecule has 3 nitrogen and oxygen atoms in total. The molecule has 0 fully saturated rings. The SMILES string of the molecule is COC(C(=O)O)c1ccccc1C. The van der Waals surface area contributed by atoms with Gasteiger partial charge in [0.1, 0.15) is 0 Å². The van der Waals surface area contributed by atoms with Crippen LogP contribution in [0.3, 0.4) is 0 Å². The first kappa shape index (κ1) is 9.74. The first-order valence-corrected chi connectivity index (χ1v) is 3.98. The number of methoxy groups -OCH3 is 1. The zero-order valence-corrected chi connectivity index (χ0v) is 7.65. The predicted molar refractivity (Wildman–Crippen MR) is 48.6 cm³/mol. The van der Waals surface area contributed by atoms with E-state index in [9.17, 15) is 4.79 Å². The number of carbonyl (C=O) groups is 1. The van der Waals surface area contributed by atoms with Crippen LogP contribution in [0, 0.1) is 6.92 Å². The maximum absolute atomic E-state index is 10.8. The lowest BCUT2D eigenvalue weighted by Crippen LogP contribution is -2.14. The fourth-order valence-electron chi connectivity index (χ4n) is 1.24. The van der Waals surface area contributed by atoms with E-state index in [1.807, 2.05) is 19.1 Å². The van der Waals surface area contributed by atoms with Crippen LogP contribution in [0.5, 0.6) is 0 Å². The average molecular weight is 180 g/mol. The lowest BCUT2D eigenvalue weighted by Gasteiger charge is -2.12. The molecule has 1 atom stereocenters. The van der Waals surface area contributed by atoms with Crippen LogP contribution < -0.4 is 0 Å². The number of carboxylic acids is 1. The molecule has 0 radical (unpaired) electrons. The lowest BCUT2D eigenvalue weighted by molar-refractivity contribution is -0.148. The summed E-state index contributed by atoms with van der Waals surface area (Å²) in [7, 11) is 1.39. The molecule has 0 amide bonds. The number of hydrogen-bond acceptors (Lipinski definition) is 2. The Balaban J connectivity index is 3.04. The van der Waals surface area contributed by atoms with Crippen molar-refractivity contribution in [3.05, 3.63) is 35.4 Å². The van der Waals surface area contributed by atoms with E-state index in [1.165, 1.54) is 7.11 Å². The van der Waals surface area contributed by atoms with Crippen molar-refractivity contribution in [2.24, 2.45) is 0 Å². The van der Waals surface area contributed by atoms with Crippen molar-refractivity contribution in [2.45, 2.75) is 13.0 Å². The lowest BCUT2D eigenvalue weighted by atomic mass is 10.0. The summed E-state index contributed by atoms with van der Waals surface area (Å²) in [5, 5.41) is 8.83. The molecule has 0 aliphatic heterocycles. The minimum absolute atomic E-state index is 0.706. The van der Waals surface area contributed by atoms with Crippen LogP contribution in [0.2, 0.25) is 0 Å². The highest BCUT2D eigenvalue weighted by molar-refractivity contribution is 5.74. The highest BCUT2D eigenvalue weighted by Crippen LogP contribution is 2.20. The van der Waals surface area contributed by atoms with Gasteiger partial charge in [-0.05, 0) is 18.1 Å². The quantitative estimate of drug-likeness (QED) is 0.771. The molecule has 0 aliphatic carbocycles. The van der Waals surface area contributed by atoms with Crippen LogP contribution in [0.1, 0.15) is 17.2 Å². The van der Waals surface area contributed by atoms with Crippen molar-refractivity contribution >= 4 is 5.97 Å². The molecule has 0 spiro atoms. The molecule has 1 N–H and O–H groups in total. The zero-order chi connectivity index (χ0) is 9.84. The van der Waals surface area contributed by atoms with E-state index in [0.29, 0.717) is 5.56 Å². The van der Waals surface area contributed by atoms with Gasteiger partial charge in [0.2, 0.25) is 0 Å². The van der Waals surface area contributed by atoms with Crippen molar-refractivity contribution in [1.29, 1.82) is 0 Å². The van der Waals surface area contributed by atoms with Crippen LogP contribution in [0.15, 0.2) is 24.3 Å². The molecule has 0 aliphatic rings. The molecule has 1 aromatic carbocycles. The Hall–Kier alpha value is -1.35. The number of aryl methyl sites for hydroxylation is 1. The molecule has 0 heterocycles. The number of rotatable bonds is 3. The van der Waals surface area contributed by atoms with Gasteiger partial charge < -0.3 is 9.84 Å². The summed E-state index contributed by atoms with van der Waals surface area (Å²) in [5.41, 5.74) is 1.63. The van der Waals surface area contributed by atoms with Gasteiger partial charge >= 0.3 is 5.97 Å². The summed E-state index contributed by atoms with van der Waals surface area (Å²) in [4.78, 5) is 10.8. The van der Waals surface area contributed by atoms with E-state index < -0.39 is 12.1 Å². The van der Waals surface area contributed by atoms with Crippen LogP contribution in [0.25, 0.3) is 0 Å². The summed E-state index contributed by atoms with van der Waals surface area (Å²) >= 11 is 0. The van der Waals surface area contributed by atoms with Crippen molar-refractivity contribution < 1.29 is 14.6 Å². The third-order valence-corrected chi connectivity index (χ3v) is 1.93. The Kier molecular flexibility index (Phi) is 3.03. The minimum atomic E-state index is -0.961. The molecule has 1 aromatic rings. The van der Waals surface area contributed by atoms with Gasteiger partial charge in [-0.25, -0.2) is 4.79 Å². The number of hydrogen-bond donors (Lipinski definition) is 1. The monoisotopic (exact) mass is 180 g/mol. The normalized spacial score (nSPS) is 12.5. The molecule has 3 heteroatoms. The standard InChI is InChI=1S/C10H12O3/c1-7-5-3-4-6-8(7)9(13-2)10(11)12/h3-6,9H,1-2H3,(H,11,12). The topological polar surface area (TPSA) is 46.5 Å². The van der Waals surface area contributed by atoms with Crippen molar-refractivity contribution in [2.75, 3.05) is 7.11 Å². The Morgan fingerprint density at radius 1 is 1.46 bits per heavy atom. The molecule has 0 aromatic heterocycles. The first-order valence-electron chi connectivity index (χ1n) is 3.98. The molecule has 70 valence electrons. The van der Waals surface area contributed by atoms with Crippen molar-refractivity contribution in [3.8, 4) is 0 Å². The van der Waals surface area contributed by atoms with Gasteiger partial charge in [0, 0.05) is 7.11 Å². The first-order chi connectivity index (χ1) is 6.16. The maximum atomic E-state index is 10.8. The predicted octanol–water partition coefficient (Wildman–Crippen LogP) is 1.77. The molecular weight excluding hydrogens is 168 g/mol. The second-order valence-electron chi connectivity index (χ2n) is 2.81. The minimum Gasteiger partial charge on any atom is -0.479 e. The van der Waals surface area contributed by atoms with E-state index >= 15 is 0 Å². The molecule has 1 rings (SSSR count). The molecule has 0 saturated carbocycles. The fourth-order valence-corrected chi connectivity index (χ4v) is 1.24. The van der Waals surface area contributed by atoms with Gasteiger partial charge in [-0.3, -0.25) is 0 Å². The van der Waals surface area contributed by atoms with Crippen LogP contribution in [0.4, 0.5) is 0 Å². The highest BCUT2D eigenvalue weighted by Gasteiger charge is 2.19. The molecule has 0 bridgehead atoms. The third-order valence-electron chi connectivity index (χ3n) is 1.93. The van der Waals surface area contributed by atoms with Gasteiger partial charge in [-0.15, -0.1) is 0 Å². The van der Waals surface area contributed by atoms with Crippen LogP contribution in [-0.4, -0.2) is 18.2 Å². The molecule has 0 saturated heterocycles. The smallest absolute Gasteiger partial charge is 0.337 e. The number of benzene rings is 1. The molecule has 13 heavy (non-hydrogen) atoms. The summed E-state index contributed by atoms with van der Waals surface area (Å²) < 4.78 is 4.88. The summed E-state index contributed by atoms with van der Waals surface area (Å²) in [5.74, 6) is -0.961. The van der Waals surface area contributed by atoms with Crippen LogP contribution in [-0.2, 0) is 9.53 Å². The van der Waals surface area contributed by atoms with Gasteiger partial charge in [0.05, 0.1) is 0 Å². The maximum Gasteiger partial charge on any atom is 0.337 e. The number of ether oxygens (including phenoxy) is 1. The highest BCUT2D eigenvalue weighted by atomic mass is 16.5. The number of aliphatic carboxylic acids is 1. The van der Waals surface area contributed by atoms with Gasteiger partial charge in [-0.2, -0.15) is 0 Å². The van der Waals surface area contributed by atoms with Crippen molar-refractivity contribution in [1.82, 2.24) is 0 Å². The Morgan fingerprint density at radius 3 is 2.54 bits per heavy atom. The Bertz CT molecular complexity index is 307. The molecule has 1 unspecified atom stereocenters. The van der Waals surface area contributed by atoms with E-state index in [4.69, 9.17) is 9.84 Å². The van der Waals surface area contributed by atoms with Gasteiger partial charge in [0.15, 0.2) is 6.10 Å². The summed E-state index contributed by atoms with van der Waals surface area (Å²) in [6.07, 6.45) is -0.860. The van der Waals surface area contributed by atoms with E-state index in [-0.39, 0.29) is 0 Å².